The third-order valence-electron chi connectivity index (χ3n) is 3.65. The van der Waals surface area contributed by atoms with Gasteiger partial charge in [0, 0.05) is 5.56 Å². The van der Waals surface area contributed by atoms with Gasteiger partial charge in [0.1, 0.15) is 11.5 Å². The van der Waals surface area contributed by atoms with Crippen LogP contribution in [0.1, 0.15) is 32.2 Å². The molecule has 0 aliphatic heterocycles. The van der Waals surface area contributed by atoms with Crippen LogP contribution in [0.2, 0.25) is 0 Å². The second-order valence-corrected chi connectivity index (χ2v) is 5.76. The summed E-state index contributed by atoms with van der Waals surface area (Å²) in [7, 11) is 1.23. The number of ether oxygens (including phenoxy) is 2. The Bertz CT molecular complexity index is 913. The van der Waals surface area contributed by atoms with Gasteiger partial charge in [-0.3, -0.25) is 25.2 Å². The van der Waals surface area contributed by atoms with Gasteiger partial charge in [0.2, 0.25) is 0 Å². The van der Waals surface area contributed by atoms with Crippen molar-refractivity contribution >= 4 is 17.7 Å². The Morgan fingerprint density at radius 3 is 2.38 bits per heavy atom. The number of amides is 3. The number of alkyl halides is 2. The third-order valence-corrected chi connectivity index (χ3v) is 3.65. The molecule has 2 rings (SSSR count). The Hall–Kier alpha value is -3.63. The molecule has 1 heterocycles. The van der Waals surface area contributed by atoms with Crippen molar-refractivity contribution in [3.8, 4) is 11.5 Å². The SMILES string of the molecule is COc1cc(C(=O)NCC(=O)NNC(=O)c2cc(C)oc2C)ccc1OC(F)F. The minimum atomic E-state index is -3.04. The van der Waals surface area contributed by atoms with Gasteiger partial charge in [0.25, 0.3) is 17.7 Å². The summed E-state index contributed by atoms with van der Waals surface area (Å²) in [6.07, 6.45) is 0. The molecule has 2 aromatic rings. The van der Waals surface area contributed by atoms with Crippen molar-refractivity contribution in [2.75, 3.05) is 13.7 Å². The van der Waals surface area contributed by atoms with E-state index in [9.17, 15) is 23.2 Å². The summed E-state index contributed by atoms with van der Waals surface area (Å²) in [6, 6.07) is 5.10. The Morgan fingerprint density at radius 1 is 1.07 bits per heavy atom. The summed E-state index contributed by atoms with van der Waals surface area (Å²) in [5.41, 5.74) is 4.69. The van der Waals surface area contributed by atoms with Gasteiger partial charge in [-0.05, 0) is 38.1 Å². The van der Waals surface area contributed by atoms with Gasteiger partial charge in [-0.1, -0.05) is 0 Å². The number of hydrogen-bond donors (Lipinski definition) is 3. The summed E-state index contributed by atoms with van der Waals surface area (Å²) >= 11 is 0. The Morgan fingerprint density at radius 2 is 1.79 bits per heavy atom. The molecule has 1 aromatic heterocycles. The Balaban J connectivity index is 1.87. The summed E-state index contributed by atoms with van der Waals surface area (Å²) in [5, 5.41) is 2.32. The first-order chi connectivity index (χ1) is 13.7. The van der Waals surface area contributed by atoms with Crippen molar-refractivity contribution < 1.29 is 37.1 Å². The predicted octanol–water partition coefficient (Wildman–Crippen LogP) is 1.70. The van der Waals surface area contributed by atoms with E-state index >= 15 is 0 Å². The molecule has 0 bridgehead atoms. The fraction of sp³-hybridized carbons (Fsp3) is 0.278. The van der Waals surface area contributed by atoms with Crippen molar-refractivity contribution in [1.29, 1.82) is 0 Å². The van der Waals surface area contributed by atoms with Crippen molar-refractivity contribution in [1.82, 2.24) is 16.2 Å². The normalized spacial score (nSPS) is 10.4. The van der Waals surface area contributed by atoms with Crippen LogP contribution in [-0.4, -0.2) is 38.0 Å². The van der Waals surface area contributed by atoms with Gasteiger partial charge in [-0.15, -0.1) is 0 Å². The zero-order valence-electron chi connectivity index (χ0n) is 15.8. The maximum atomic E-state index is 12.3. The second kappa shape index (κ2) is 9.53. The molecule has 0 aliphatic rings. The molecule has 0 radical (unpaired) electrons. The standard InChI is InChI=1S/C18H19F2N3O6/c1-9-6-12(10(2)28-9)17(26)23-22-15(24)8-21-16(25)11-4-5-13(29-18(19)20)14(7-11)27-3/h4-7,18H,8H2,1-3H3,(H,21,25)(H,22,24)(H,23,26). The van der Waals surface area contributed by atoms with E-state index < -0.39 is 30.9 Å². The zero-order valence-corrected chi connectivity index (χ0v) is 15.8. The summed E-state index contributed by atoms with van der Waals surface area (Å²) in [5.74, 6) is -1.27. The van der Waals surface area contributed by atoms with E-state index in [1.165, 1.54) is 25.3 Å². The third kappa shape index (κ3) is 5.92. The molecule has 0 saturated heterocycles. The molecular weight excluding hydrogens is 392 g/mol. The molecule has 29 heavy (non-hydrogen) atoms. The minimum absolute atomic E-state index is 0.0600. The molecule has 0 atom stereocenters. The molecule has 11 heteroatoms. The second-order valence-electron chi connectivity index (χ2n) is 5.76. The molecule has 3 N–H and O–H groups in total. The van der Waals surface area contributed by atoms with Crippen molar-refractivity contribution in [3.63, 3.8) is 0 Å². The molecule has 1 aromatic carbocycles. The number of aryl methyl sites for hydroxylation is 2. The molecular formula is C18H19F2N3O6. The number of halogens is 2. The van der Waals surface area contributed by atoms with Crippen LogP contribution >= 0.6 is 0 Å². The Kier molecular flexibility index (Phi) is 7.12. The lowest BCUT2D eigenvalue weighted by molar-refractivity contribution is -0.120. The number of carbonyl (C=O) groups is 3. The van der Waals surface area contributed by atoms with Crippen LogP contribution in [0.25, 0.3) is 0 Å². The highest BCUT2D eigenvalue weighted by molar-refractivity contribution is 5.98. The first kappa shape index (κ1) is 21.7. The predicted molar refractivity (Wildman–Crippen MR) is 95.8 cm³/mol. The highest BCUT2D eigenvalue weighted by Crippen LogP contribution is 2.29. The van der Waals surface area contributed by atoms with Crippen LogP contribution < -0.4 is 25.6 Å². The van der Waals surface area contributed by atoms with E-state index in [2.05, 4.69) is 20.9 Å². The van der Waals surface area contributed by atoms with Crippen LogP contribution in [0.3, 0.4) is 0 Å². The number of furan rings is 1. The van der Waals surface area contributed by atoms with Gasteiger partial charge in [-0.25, -0.2) is 0 Å². The maximum absolute atomic E-state index is 12.3. The molecule has 0 spiro atoms. The number of carbonyl (C=O) groups excluding carboxylic acids is 3. The van der Waals surface area contributed by atoms with Crippen LogP contribution in [-0.2, 0) is 4.79 Å². The Labute approximate surface area is 164 Å². The molecule has 0 unspecified atom stereocenters. The minimum Gasteiger partial charge on any atom is -0.493 e. The van der Waals surface area contributed by atoms with Crippen LogP contribution in [0, 0.1) is 13.8 Å². The average Bonchev–Trinajstić information content (AvgIpc) is 3.02. The van der Waals surface area contributed by atoms with Gasteiger partial charge in [0.05, 0.1) is 19.2 Å². The van der Waals surface area contributed by atoms with E-state index in [0.29, 0.717) is 11.5 Å². The molecule has 9 nitrogen and oxygen atoms in total. The smallest absolute Gasteiger partial charge is 0.387 e. The van der Waals surface area contributed by atoms with E-state index in [0.717, 1.165) is 6.07 Å². The summed E-state index contributed by atoms with van der Waals surface area (Å²) in [6.45, 7) is -0.202. The number of nitrogens with one attached hydrogen (secondary N) is 3. The quantitative estimate of drug-likeness (QED) is 0.597. The zero-order chi connectivity index (χ0) is 21.6. The van der Waals surface area contributed by atoms with E-state index in [4.69, 9.17) is 9.15 Å². The lowest BCUT2D eigenvalue weighted by Crippen LogP contribution is -2.46. The van der Waals surface area contributed by atoms with E-state index in [1.807, 2.05) is 0 Å². The van der Waals surface area contributed by atoms with Gasteiger partial charge in [-0.2, -0.15) is 8.78 Å². The molecule has 0 saturated carbocycles. The first-order valence-corrected chi connectivity index (χ1v) is 8.28. The topological polar surface area (TPSA) is 119 Å². The van der Waals surface area contributed by atoms with Gasteiger partial charge in [0.15, 0.2) is 11.5 Å². The lowest BCUT2D eigenvalue weighted by atomic mass is 10.2. The van der Waals surface area contributed by atoms with Crippen LogP contribution in [0.5, 0.6) is 11.5 Å². The van der Waals surface area contributed by atoms with Crippen molar-refractivity contribution in [3.05, 3.63) is 46.9 Å². The molecule has 0 fully saturated rings. The van der Waals surface area contributed by atoms with E-state index in [-0.39, 0.29) is 22.6 Å². The van der Waals surface area contributed by atoms with Crippen molar-refractivity contribution in [2.24, 2.45) is 0 Å². The summed E-state index contributed by atoms with van der Waals surface area (Å²) in [4.78, 5) is 35.9. The molecule has 156 valence electrons. The van der Waals surface area contributed by atoms with Crippen LogP contribution in [0.15, 0.2) is 28.7 Å². The molecule has 3 amide bonds. The number of rotatable bonds is 7. The average molecular weight is 411 g/mol. The first-order valence-electron chi connectivity index (χ1n) is 8.28. The summed E-state index contributed by atoms with van der Waals surface area (Å²) < 4.78 is 39.1. The monoisotopic (exact) mass is 411 g/mol. The number of methoxy groups -OCH3 is 1. The van der Waals surface area contributed by atoms with Crippen molar-refractivity contribution in [2.45, 2.75) is 20.5 Å². The van der Waals surface area contributed by atoms with E-state index in [1.54, 1.807) is 13.8 Å². The largest absolute Gasteiger partial charge is 0.493 e. The van der Waals surface area contributed by atoms with Gasteiger partial charge >= 0.3 is 6.61 Å². The number of hydrazine groups is 1. The fourth-order valence-corrected chi connectivity index (χ4v) is 2.36. The highest BCUT2D eigenvalue weighted by atomic mass is 19.3. The fourth-order valence-electron chi connectivity index (χ4n) is 2.36. The highest BCUT2D eigenvalue weighted by Gasteiger charge is 2.16. The van der Waals surface area contributed by atoms with Crippen LogP contribution in [0.4, 0.5) is 8.78 Å². The van der Waals surface area contributed by atoms with Gasteiger partial charge < -0.3 is 19.2 Å². The number of benzene rings is 1. The number of hydrogen-bond acceptors (Lipinski definition) is 6. The molecule has 0 aliphatic carbocycles. The lowest BCUT2D eigenvalue weighted by Gasteiger charge is -2.12. The maximum Gasteiger partial charge on any atom is 0.387 e.